The Morgan fingerprint density at radius 2 is 0.634 bits per heavy atom. The summed E-state index contributed by atoms with van der Waals surface area (Å²) < 4.78 is 0. The predicted octanol–water partition coefficient (Wildman–Crippen LogP) is 7.19. The Hall–Kier alpha value is -1.71. The first-order valence-electron chi connectivity index (χ1n) is 16.1. The number of unbranched alkanes of at least 4 members (excludes halogenated alkanes) is 17. The van der Waals surface area contributed by atoms with Crippen molar-refractivity contribution in [1.29, 1.82) is 0 Å². The van der Waals surface area contributed by atoms with E-state index in [-0.39, 0.29) is 32.7 Å². The Morgan fingerprint density at radius 3 is 0.780 bits per heavy atom. The third-order valence-electron chi connectivity index (χ3n) is 7.28. The minimum absolute atomic E-state index is 0.156. The Kier molecular flexibility index (Phi) is 36.8. The Bertz CT molecular complexity index is 542. The van der Waals surface area contributed by atoms with Gasteiger partial charge in [0.15, 0.2) is 0 Å². The number of rotatable bonds is 27. The fourth-order valence-electron chi connectivity index (χ4n) is 4.04. The molecule has 0 heterocycles. The highest BCUT2D eigenvalue weighted by Crippen LogP contribution is 2.18. The second kappa shape index (κ2) is 34.5. The number of aliphatic hydroxyl groups excluding tert-OH is 3. The molecule has 0 radical (unpaired) electrons. The van der Waals surface area contributed by atoms with Crippen molar-refractivity contribution in [2.45, 2.75) is 162 Å². The summed E-state index contributed by atoms with van der Waals surface area (Å²) in [6.07, 6.45) is 24.1. The molecular weight excluding hydrogens is 528 g/mol. The normalized spacial score (nSPS) is 10.8. The second-order valence-electron chi connectivity index (χ2n) is 11.1. The van der Waals surface area contributed by atoms with Crippen molar-refractivity contribution in [3.63, 3.8) is 0 Å². The van der Waals surface area contributed by atoms with Crippen LogP contribution in [0.25, 0.3) is 0 Å². The molecule has 6 N–H and O–H groups in total. The average Bonchev–Trinajstić information content (AvgIpc) is 2.94. The van der Waals surface area contributed by atoms with Crippen LogP contribution in [0, 0.1) is 5.41 Å². The van der Waals surface area contributed by atoms with Crippen molar-refractivity contribution in [1.82, 2.24) is 0 Å². The number of hydrogen-bond donors (Lipinski definition) is 6. The Morgan fingerprint density at radius 1 is 0.415 bits per heavy atom. The zero-order chi connectivity index (χ0) is 31.6. The van der Waals surface area contributed by atoms with Crippen molar-refractivity contribution >= 4 is 17.9 Å². The van der Waals surface area contributed by atoms with Crippen molar-refractivity contribution in [3.05, 3.63) is 0 Å². The van der Waals surface area contributed by atoms with E-state index in [2.05, 4.69) is 6.92 Å². The van der Waals surface area contributed by atoms with E-state index in [1.54, 1.807) is 0 Å². The van der Waals surface area contributed by atoms with Gasteiger partial charge >= 0.3 is 17.9 Å². The molecule has 0 aromatic heterocycles. The molecule has 0 spiro atoms. The minimum atomic E-state index is -0.784. The molecule has 9 nitrogen and oxygen atoms in total. The van der Waals surface area contributed by atoms with Crippen LogP contribution in [0.5, 0.6) is 0 Å². The smallest absolute Gasteiger partial charge is 0.303 e. The highest BCUT2D eigenvalue weighted by atomic mass is 16.4. The summed E-state index contributed by atoms with van der Waals surface area (Å²) in [4.78, 5) is 30.4. The molecule has 0 aromatic carbocycles. The summed E-state index contributed by atoms with van der Waals surface area (Å²) in [7, 11) is 0. The van der Waals surface area contributed by atoms with Crippen molar-refractivity contribution in [2.24, 2.45) is 5.41 Å². The van der Waals surface area contributed by atoms with Crippen LogP contribution in [-0.4, -0.2) is 68.4 Å². The van der Waals surface area contributed by atoms with E-state index in [1.807, 2.05) is 6.92 Å². The lowest BCUT2D eigenvalue weighted by atomic mass is 9.88. The van der Waals surface area contributed by atoms with Gasteiger partial charge in [-0.1, -0.05) is 117 Å². The maximum Gasteiger partial charge on any atom is 0.303 e. The zero-order valence-corrected chi connectivity index (χ0v) is 26.3. The van der Waals surface area contributed by atoms with Gasteiger partial charge in [-0.25, -0.2) is 0 Å². The van der Waals surface area contributed by atoms with Crippen molar-refractivity contribution < 1.29 is 45.0 Å². The molecule has 0 aliphatic heterocycles. The molecule has 0 saturated heterocycles. The van der Waals surface area contributed by atoms with Gasteiger partial charge in [0.2, 0.25) is 0 Å². The fraction of sp³-hybridized carbons (Fsp3) is 0.906. The second-order valence-corrected chi connectivity index (χ2v) is 11.1. The molecule has 0 bridgehead atoms. The molecule has 41 heavy (non-hydrogen) atoms. The van der Waals surface area contributed by atoms with Crippen molar-refractivity contribution in [2.75, 3.05) is 19.8 Å². The standard InChI is InChI=1S/C18H36O2.C8H14O4.C6H14O3/c1-2-3-4-5-6-7-8-9-10-11-12-13-14-15-16-17-18(19)20;9-7(10)5-3-1-2-4-6-8(11)12;1-2-6(3-7,4-8)5-9/h2-17H2,1H3,(H,19,20);1-6H2,(H,9,10)(H,11,12);7-9H,2-5H2,1H3. The first-order valence-corrected chi connectivity index (χ1v) is 16.1. The highest BCUT2D eigenvalue weighted by Gasteiger charge is 2.24. The molecule has 0 atom stereocenters. The molecule has 0 amide bonds. The summed E-state index contributed by atoms with van der Waals surface area (Å²) in [5, 5.41) is 51.0. The van der Waals surface area contributed by atoms with E-state index in [4.69, 9.17) is 30.6 Å². The van der Waals surface area contributed by atoms with Crippen LogP contribution in [0.15, 0.2) is 0 Å². The lowest BCUT2D eigenvalue weighted by molar-refractivity contribution is -0.138. The number of carboxylic acid groups (broad SMARTS) is 3. The fourth-order valence-corrected chi connectivity index (χ4v) is 4.04. The molecule has 0 aliphatic rings. The van der Waals surface area contributed by atoms with Gasteiger partial charge < -0.3 is 30.6 Å². The van der Waals surface area contributed by atoms with Gasteiger partial charge in [-0.15, -0.1) is 0 Å². The van der Waals surface area contributed by atoms with Crippen LogP contribution < -0.4 is 0 Å². The minimum Gasteiger partial charge on any atom is -0.481 e. The average molecular weight is 593 g/mol. The summed E-state index contributed by atoms with van der Waals surface area (Å²) in [6, 6.07) is 0. The van der Waals surface area contributed by atoms with E-state index in [9.17, 15) is 14.4 Å². The first kappa shape index (κ1) is 43.7. The third kappa shape index (κ3) is 38.3. The van der Waals surface area contributed by atoms with Crippen LogP contribution in [0.3, 0.4) is 0 Å². The summed E-state index contributed by atoms with van der Waals surface area (Å²) >= 11 is 0. The van der Waals surface area contributed by atoms with E-state index in [0.29, 0.717) is 25.7 Å². The molecule has 0 saturated carbocycles. The number of hydrogen-bond acceptors (Lipinski definition) is 6. The molecule has 0 rings (SSSR count). The van der Waals surface area contributed by atoms with Gasteiger partial charge in [0.1, 0.15) is 0 Å². The van der Waals surface area contributed by atoms with E-state index < -0.39 is 23.3 Å². The number of aliphatic hydroxyl groups is 3. The van der Waals surface area contributed by atoms with Crippen LogP contribution in [-0.2, 0) is 14.4 Å². The van der Waals surface area contributed by atoms with Gasteiger partial charge in [-0.3, -0.25) is 14.4 Å². The van der Waals surface area contributed by atoms with Crippen LogP contribution in [0.1, 0.15) is 162 Å². The first-order chi connectivity index (χ1) is 19.6. The highest BCUT2D eigenvalue weighted by molar-refractivity contribution is 5.67. The topological polar surface area (TPSA) is 173 Å². The molecule has 0 unspecified atom stereocenters. The zero-order valence-electron chi connectivity index (χ0n) is 26.3. The van der Waals surface area contributed by atoms with Crippen LogP contribution in [0.4, 0.5) is 0 Å². The Balaban J connectivity index is -0.000000583. The lowest BCUT2D eigenvalue weighted by Crippen LogP contribution is -2.32. The summed E-state index contributed by atoms with van der Waals surface area (Å²) in [6.45, 7) is 3.62. The van der Waals surface area contributed by atoms with Gasteiger partial charge in [-0.05, 0) is 25.7 Å². The van der Waals surface area contributed by atoms with E-state index >= 15 is 0 Å². The van der Waals surface area contributed by atoms with E-state index in [0.717, 1.165) is 25.7 Å². The predicted molar refractivity (Wildman–Crippen MR) is 164 cm³/mol. The molecule has 0 fully saturated rings. The van der Waals surface area contributed by atoms with Crippen LogP contribution >= 0.6 is 0 Å². The SMILES string of the molecule is CCC(CO)(CO)CO.CCCCCCCCCCCCCCCCCC(=O)O.O=C(O)CCCCCCC(=O)O. The molecule has 246 valence electrons. The maximum absolute atomic E-state index is 10.3. The largest absolute Gasteiger partial charge is 0.481 e. The lowest BCUT2D eigenvalue weighted by Gasteiger charge is -2.24. The molecule has 0 aliphatic carbocycles. The third-order valence-corrected chi connectivity index (χ3v) is 7.28. The van der Waals surface area contributed by atoms with Crippen LogP contribution in [0.2, 0.25) is 0 Å². The van der Waals surface area contributed by atoms with Gasteiger partial charge in [0.25, 0.3) is 0 Å². The van der Waals surface area contributed by atoms with Crippen molar-refractivity contribution in [3.8, 4) is 0 Å². The van der Waals surface area contributed by atoms with Gasteiger partial charge in [-0.2, -0.15) is 0 Å². The van der Waals surface area contributed by atoms with Gasteiger partial charge in [0, 0.05) is 24.7 Å². The Labute approximate surface area is 249 Å². The number of aliphatic carboxylic acids is 3. The maximum atomic E-state index is 10.3. The molecule has 0 aromatic rings. The quantitative estimate of drug-likeness (QED) is 0.0540. The number of carboxylic acids is 3. The number of carbonyl (C=O) groups is 3. The van der Waals surface area contributed by atoms with E-state index in [1.165, 1.54) is 83.5 Å². The molecule has 9 heteroatoms. The summed E-state index contributed by atoms with van der Waals surface area (Å²) in [5.41, 5.74) is -0.667. The monoisotopic (exact) mass is 592 g/mol. The van der Waals surface area contributed by atoms with Gasteiger partial charge in [0.05, 0.1) is 19.8 Å². The molecular formula is C32H64O9. The summed E-state index contributed by atoms with van der Waals surface area (Å²) in [5.74, 6) is -2.22.